The predicted molar refractivity (Wildman–Crippen MR) is 64.6 cm³/mol. The third-order valence-corrected chi connectivity index (χ3v) is 2.70. The van der Waals surface area contributed by atoms with Crippen molar-refractivity contribution >= 4 is 52.4 Å². The molecule has 0 aliphatic heterocycles. The highest BCUT2D eigenvalue weighted by atomic mass is 35.6. The average Bonchev–Trinajstić information content (AvgIpc) is 2.00. The molecule has 0 heterocycles. The summed E-state index contributed by atoms with van der Waals surface area (Å²) in [7, 11) is 1.31. The third kappa shape index (κ3) is 6.52. The van der Waals surface area contributed by atoms with Gasteiger partial charge in [0.05, 0.1) is 13.5 Å². The molecule has 0 aromatic heterocycles. The number of hydrogen-bond donors (Lipinski definition) is 0. The van der Waals surface area contributed by atoms with Crippen LogP contribution < -0.4 is 0 Å². The first kappa shape index (κ1) is 15.4. The zero-order valence-electron chi connectivity index (χ0n) is 8.61. The molecular formula is C9H12Cl4O2. The number of carbonyl (C=O) groups is 1. The minimum atomic E-state index is -1.57. The van der Waals surface area contributed by atoms with E-state index in [2.05, 4.69) is 4.74 Å². The fourth-order valence-corrected chi connectivity index (χ4v) is 1.58. The molecular weight excluding hydrogens is 282 g/mol. The number of hydrogen-bond acceptors (Lipinski definition) is 2. The van der Waals surface area contributed by atoms with Crippen LogP contribution >= 0.6 is 46.4 Å². The van der Waals surface area contributed by atoms with Gasteiger partial charge in [0.15, 0.2) is 0 Å². The molecule has 2 nitrogen and oxygen atoms in total. The van der Waals surface area contributed by atoms with Gasteiger partial charge in [-0.1, -0.05) is 60.3 Å². The van der Waals surface area contributed by atoms with Gasteiger partial charge in [0, 0.05) is 10.4 Å². The van der Waals surface area contributed by atoms with E-state index in [1.807, 2.05) is 0 Å². The molecule has 0 spiro atoms. The molecule has 15 heavy (non-hydrogen) atoms. The van der Waals surface area contributed by atoms with E-state index in [9.17, 15) is 4.79 Å². The topological polar surface area (TPSA) is 26.3 Å². The van der Waals surface area contributed by atoms with Crippen LogP contribution in [0.15, 0.2) is 11.1 Å². The molecule has 0 saturated heterocycles. The van der Waals surface area contributed by atoms with Crippen LogP contribution in [0.1, 0.15) is 20.3 Å². The van der Waals surface area contributed by atoms with Crippen molar-refractivity contribution < 1.29 is 9.53 Å². The lowest BCUT2D eigenvalue weighted by Gasteiger charge is -2.23. The van der Waals surface area contributed by atoms with Crippen molar-refractivity contribution in [2.45, 2.75) is 24.1 Å². The number of allylic oxidation sites excluding steroid dienone is 2. The van der Waals surface area contributed by atoms with Gasteiger partial charge < -0.3 is 4.74 Å². The van der Waals surface area contributed by atoms with Crippen LogP contribution in [0.5, 0.6) is 0 Å². The quantitative estimate of drug-likeness (QED) is 0.579. The summed E-state index contributed by atoms with van der Waals surface area (Å²) in [5, 5.41) is 0.313. The minimum Gasteiger partial charge on any atom is -0.469 e. The van der Waals surface area contributed by atoms with E-state index in [0.29, 0.717) is 5.03 Å². The Morgan fingerprint density at radius 2 is 1.80 bits per heavy atom. The predicted octanol–water partition coefficient (Wildman–Crippen LogP) is 4.07. The van der Waals surface area contributed by atoms with Crippen molar-refractivity contribution in [3.63, 3.8) is 0 Å². The molecule has 0 bridgehead atoms. The van der Waals surface area contributed by atoms with E-state index in [0.717, 1.165) is 0 Å². The molecule has 0 N–H and O–H groups in total. The van der Waals surface area contributed by atoms with Crippen molar-refractivity contribution in [2.75, 3.05) is 7.11 Å². The largest absolute Gasteiger partial charge is 0.469 e. The van der Waals surface area contributed by atoms with Gasteiger partial charge >= 0.3 is 5.97 Å². The Morgan fingerprint density at radius 1 is 1.33 bits per heavy atom. The van der Waals surface area contributed by atoms with Crippen LogP contribution in [0.4, 0.5) is 0 Å². The number of alkyl halides is 3. The van der Waals surface area contributed by atoms with Gasteiger partial charge in [-0.2, -0.15) is 0 Å². The van der Waals surface area contributed by atoms with E-state index in [-0.39, 0.29) is 12.4 Å². The first-order chi connectivity index (χ1) is 6.58. The molecule has 0 fully saturated rings. The Labute approximate surface area is 109 Å². The number of methoxy groups -OCH3 is 1. The van der Waals surface area contributed by atoms with Gasteiger partial charge in [0.25, 0.3) is 0 Å². The molecule has 0 aliphatic rings. The number of ether oxygens (including phenoxy) is 1. The zero-order chi connectivity index (χ0) is 12.3. The van der Waals surface area contributed by atoms with Crippen molar-refractivity contribution in [1.82, 2.24) is 0 Å². The summed E-state index contributed by atoms with van der Waals surface area (Å²) in [4.78, 5) is 11.1. The molecule has 0 radical (unpaired) electrons. The van der Waals surface area contributed by atoms with Crippen molar-refractivity contribution in [3.05, 3.63) is 11.1 Å². The van der Waals surface area contributed by atoms with Crippen LogP contribution in [0, 0.1) is 5.41 Å². The normalized spacial score (nSPS) is 13.9. The first-order valence-electron chi connectivity index (χ1n) is 4.11. The van der Waals surface area contributed by atoms with Gasteiger partial charge in [-0.25, -0.2) is 0 Å². The smallest absolute Gasteiger partial charge is 0.306 e. The van der Waals surface area contributed by atoms with Gasteiger partial charge in [0.2, 0.25) is 3.79 Å². The second-order valence-electron chi connectivity index (χ2n) is 3.67. The maximum atomic E-state index is 11.1. The molecule has 0 aliphatic carbocycles. The summed E-state index contributed by atoms with van der Waals surface area (Å²) in [6, 6.07) is 0. The summed E-state index contributed by atoms with van der Waals surface area (Å²) in [6.07, 6.45) is 1.40. The standard InChI is InChI=1S/C9H12Cl4O2/c1-8(2,5-7(14)15-3)6(10)4-9(11,12)13/h4H,5H2,1-3H3. The Morgan fingerprint density at radius 3 is 2.13 bits per heavy atom. The number of carbonyl (C=O) groups excluding carboxylic acids is 1. The fourth-order valence-electron chi connectivity index (χ4n) is 0.857. The molecule has 0 aromatic rings. The highest BCUT2D eigenvalue weighted by molar-refractivity contribution is 6.69. The van der Waals surface area contributed by atoms with Crippen LogP contribution in [0.3, 0.4) is 0 Å². The molecule has 0 amide bonds. The Balaban J connectivity index is 4.73. The first-order valence-corrected chi connectivity index (χ1v) is 5.62. The Bertz CT molecular complexity index is 266. The summed E-state index contributed by atoms with van der Waals surface area (Å²) < 4.78 is 2.98. The van der Waals surface area contributed by atoms with E-state index >= 15 is 0 Å². The molecule has 0 unspecified atom stereocenters. The SMILES string of the molecule is COC(=O)CC(C)(C)C(Cl)=CC(Cl)(Cl)Cl. The van der Waals surface area contributed by atoms with Gasteiger partial charge in [-0.15, -0.1) is 0 Å². The maximum Gasteiger partial charge on any atom is 0.306 e. The van der Waals surface area contributed by atoms with Crippen molar-refractivity contribution in [3.8, 4) is 0 Å². The van der Waals surface area contributed by atoms with E-state index in [1.54, 1.807) is 13.8 Å². The van der Waals surface area contributed by atoms with Crippen molar-refractivity contribution in [1.29, 1.82) is 0 Å². The summed E-state index contributed by atoms with van der Waals surface area (Å²) in [5.41, 5.74) is -0.613. The highest BCUT2D eigenvalue weighted by Gasteiger charge is 2.29. The zero-order valence-corrected chi connectivity index (χ0v) is 11.6. The summed E-state index contributed by atoms with van der Waals surface area (Å²) in [5.74, 6) is -0.365. The second kappa shape index (κ2) is 5.62. The summed E-state index contributed by atoms with van der Waals surface area (Å²) >= 11 is 22.6. The van der Waals surface area contributed by atoms with E-state index in [1.165, 1.54) is 13.2 Å². The Kier molecular flexibility index (Phi) is 5.76. The highest BCUT2D eigenvalue weighted by Crippen LogP contribution is 2.38. The number of rotatable bonds is 3. The van der Waals surface area contributed by atoms with Crippen molar-refractivity contribution in [2.24, 2.45) is 5.41 Å². The van der Waals surface area contributed by atoms with Gasteiger partial charge in [-0.3, -0.25) is 4.79 Å². The van der Waals surface area contributed by atoms with Crippen LogP contribution in [0.25, 0.3) is 0 Å². The number of esters is 1. The third-order valence-electron chi connectivity index (χ3n) is 1.75. The molecule has 0 atom stereocenters. The average molecular weight is 294 g/mol. The molecule has 0 aromatic carbocycles. The summed E-state index contributed by atoms with van der Waals surface area (Å²) in [6.45, 7) is 3.53. The molecule has 88 valence electrons. The van der Waals surface area contributed by atoms with Gasteiger partial charge in [0.1, 0.15) is 0 Å². The van der Waals surface area contributed by atoms with Crippen LogP contribution in [-0.4, -0.2) is 16.9 Å². The Hall–Kier alpha value is 0.370. The lowest BCUT2D eigenvalue weighted by Crippen LogP contribution is -2.19. The molecule has 0 saturated carbocycles. The van der Waals surface area contributed by atoms with Gasteiger partial charge in [-0.05, 0) is 6.08 Å². The van der Waals surface area contributed by atoms with Crippen LogP contribution in [-0.2, 0) is 9.53 Å². The lowest BCUT2D eigenvalue weighted by atomic mass is 9.88. The minimum absolute atomic E-state index is 0.125. The fraction of sp³-hybridized carbons (Fsp3) is 0.667. The maximum absolute atomic E-state index is 11.1. The monoisotopic (exact) mass is 292 g/mol. The molecule has 0 rings (SSSR count). The molecule has 6 heteroatoms. The lowest BCUT2D eigenvalue weighted by molar-refractivity contribution is -0.142. The number of halogens is 4. The van der Waals surface area contributed by atoms with E-state index < -0.39 is 9.21 Å². The second-order valence-corrected chi connectivity index (χ2v) is 6.45. The van der Waals surface area contributed by atoms with E-state index in [4.69, 9.17) is 46.4 Å². The van der Waals surface area contributed by atoms with Crippen LogP contribution in [0.2, 0.25) is 0 Å².